The second-order valence-corrected chi connectivity index (χ2v) is 4.69. The van der Waals surface area contributed by atoms with Gasteiger partial charge in [0.05, 0.1) is 6.04 Å². The van der Waals surface area contributed by atoms with E-state index in [9.17, 15) is 0 Å². The van der Waals surface area contributed by atoms with Crippen LogP contribution in [0.5, 0.6) is 0 Å². The molecule has 1 heterocycles. The molecule has 0 spiro atoms. The van der Waals surface area contributed by atoms with Crippen molar-refractivity contribution in [2.24, 2.45) is 10.9 Å². The molecule has 1 aliphatic heterocycles. The van der Waals surface area contributed by atoms with Gasteiger partial charge in [-0.2, -0.15) is 0 Å². The molecule has 3 heteroatoms. The van der Waals surface area contributed by atoms with E-state index in [0.29, 0.717) is 18.6 Å². The van der Waals surface area contributed by atoms with Crippen LogP contribution in [-0.2, 0) is 4.74 Å². The van der Waals surface area contributed by atoms with E-state index in [0.717, 1.165) is 17.9 Å². The Hall–Kier alpha value is -0.511. The van der Waals surface area contributed by atoms with E-state index in [-0.39, 0.29) is 32.8 Å². The zero-order chi connectivity index (χ0) is 13.4. The van der Waals surface area contributed by atoms with Crippen LogP contribution < -0.4 is 0 Å². The van der Waals surface area contributed by atoms with Gasteiger partial charge in [0.2, 0.25) is 5.90 Å². The SMILES string of the molecule is C.CC(C)[C@H]1COC(c2[c]cccc2)=N1.[CH2]CCC.[HH].[Sn]. The molecule has 6 radical (unpaired) electrons. The first-order chi connectivity index (χ1) is 8.69. The van der Waals surface area contributed by atoms with Gasteiger partial charge < -0.3 is 4.74 Å². The minimum absolute atomic E-state index is 0. The third-order valence-electron chi connectivity index (χ3n) is 2.74. The summed E-state index contributed by atoms with van der Waals surface area (Å²) in [5, 5.41) is 0. The van der Waals surface area contributed by atoms with E-state index in [1.54, 1.807) is 0 Å². The van der Waals surface area contributed by atoms with Crippen LogP contribution in [-0.4, -0.2) is 42.5 Å². The molecule has 0 bridgehead atoms. The number of benzene rings is 1. The summed E-state index contributed by atoms with van der Waals surface area (Å²) in [7, 11) is 0. The third kappa shape index (κ3) is 7.32. The van der Waals surface area contributed by atoms with Crippen molar-refractivity contribution in [3.63, 3.8) is 0 Å². The minimum Gasteiger partial charge on any atom is -0.475 e. The normalized spacial score (nSPS) is 16.1. The van der Waals surface area contributed by atoms with Gasteiger partial charge in [-0.1, -0.05) is 66.2 Å². The van der Waals surface area contributed by atoms with Crippen molar-refractivity contribution in [3.05, 3.63) is 42.8 Å². The maximum absolute atomic E-state index is 5.53. The Labute approximate surface area is 143 Å². The molecule has 0 aromatic heterocycles. The smallest absolute Gasteiger partial charge is 0.217 e. The monoisotopic (exact) mass is 383 g/mol. The molecule has 1 aromatic rings. The molecule has 1 aromatic carbocycles. The number of hydrogen-bond donors (Lipinski definition) is 0. The molecule has 20 heavy (non-hydrogen) atoms. The molecule has 0 N–H and O–H groups in total. The van der Waals surface area contributed by atoms with Gasteiger partial charge in [-0.25, -0.2) is 4.99 Å². The Bertz CT molecular complexity index is 366. The predicted octanol–water partition coefficient (Wildman–Crippen LogP) is 4.41. The third-order valence-corrected chi connectivity index (χ3v) is 2.74. The Kier molecular flexibility index (Phi) is 13.3. The van der Waals surface area contributed by atoms with E-state index >= 15 is 0 Å². The van der Waals surface area contributed by atoms with Crippen LogP contribution in [0.2, 0.25) is 0 Å². The summed E-state index contributed by atoms with van der Waals surface area (Å²) >= 11 is 0. The minimum atomic E-state index is 0. The van der Waals surface area contributed by atoms with Gasteiger partial charge in [0.1, 0.15) is 6.61 Å². The van der Waals surface area contributed by atoms with Crippen LogP contribution in [0.4, 0.5) is 0 Å². The second-order valence-electron chi connectivity index (χ2n) is 4.69. The molecule has 0 amide bonds. The maximum Gasteiger partial charge on any atom is 0.217 e. The topological polar surface area (TPSA) is 21.6 Å². The summed E-state index contributed by atoms with van der Waals surface area (Å²) in [6, 6.07) is 11.2. The molecular formula is C17H29NOSn. The quantitative estimate of drug-likeness (QED) is 0.710. The van der Waals surface area contributed by atoms with Crippen molar-refractivity contribution < 1.29 is 6.16 Å². The molecule has 0 fully saturated rings. The van der Waals surface area contributed by atoms with Gasteiger partial charge in [0.15, 0.2) is 0 Å². The van der Waals surface area contributed by atoms with Gasteiger partial charge in [0, 0.05) is 30.9 Å². The van der Waals surface area contributed by atoms with E-state index in [1.165, 1.54) is 6.42 Å². The van der Waals surface area contributed by atoms with Crippen molar-refractivity contribution in [1.82, 2.24) is 0 Å². The molecule has 2 nitrogen and oxygen atoms in total. The van der Waals surface area contributed by atoms with Crippen molar-refractivity contribution in [1.29, 1.82) is 0 Å². The standard InChI is InChI=1S/C12H14NO.C4H9.CH4.Sn.H2/c1-9(2)11-8-14-12(13-11)10-6-4-3-5-7-10;1-3-4-2;;;/h3-6,9,11H,8H2,1-2H3;1,3-4H2,2H3;1H4;;1H/t11-;;;;/m1..../s1. The van der Waals surface area contributed by atoms with Crippen LogP contribution in [0.1, 0.15) is 48.0 Å². The Morgan fingerprint density at radius 1 is 1.50 bits per heavy atom. The van der Waals surface area contributed by atoms with Crippen LogP contribution in [0.15, 0.2) is 29.3 Å². The van der Waals surface area contributed by atoms with Gasteiger partial charge in [0.25, 0.3) is 0 Å². The maximum atomic E-state index is 5.53. The molecule has 1 atom stereocenters. The Morgan fingerprint density at radius 2 is 2.15 bits per heavy atom. The number of aliphatic imine (C=N–C) groups is 1. The average Bonchev–Trinajstić information content (AvgIpc) is 2.90. The second kappa shape index (κ2) is 12.2. The van der Waals surface area contributed by atoms with Crippen molar-refractivity contribution in [2.75, 3.05) is 6.61 Å². The molecule has 2 rings (SSSR count). The molecule has 0 saturated heterocycles. The van der Waals surface area contributed by atoms with Crippen molar-refractivity contribution in [3.8, 4) is 0 Å². The molecular weight excluding hydrogens is 353 g/mol. The summed E-state index contributed by atoms with van der Waals surface area (Å²) in [5.74, 6) is 1.28. The molecule has 0 unspecified atom stereocenters. The number of rotatable bonds is 3. The van der Waals surface area contributed by atoms with Gasteiger partial charge in [-0.3, -0.25) is 0 Å². The van der Waals surface area contributed by atoms with Crippen LogP contribution in [0.3, 0.4) is 0 Å². The van der Waals surface area contributed by atoms with Crippen molar-refractivity contribution in [2.45, 2.75) is 47.1 Å². The first-order valence-corrected chi connectivity index (χ1v) is 6.66. The first-order valence-electron chi connectivity index (χ1n) is 6.66. The van der Waals surface area contributed by atoms with Gasteiger partial charge in [-0.05, 0) is 18.1 Å². The summed E-state index contributed by atoms with van der Waals surface area (Å²) in [5.41, 5.74) is 0.954. The van der Waals surface area contributed by atoms with Gasteiger partial charge >= 0.3 is 0 Å². The van der Waals surface area contributed by atoms with Gasteiger partial charge in [-0.15, -0.1) is 0 Å². The van der Waals surface area contributed by atoms with E-state index in [1.807, 2.05) is 24.3 Å². The Balaban J connectivity index is -0.000000417. The Morgan fingerprint density at radius 3 is 2.55 bits per heavy atom. The molecule has 0 saturated carbocycles. The van der Waals surface area contributed by atoms with Crippen LogP contribution >= 0.6 is 0 Å². The average molecular weight is 382 g/mol. The summed E-state index contributed by atoms with van der Waals surface area (Å²) in [6.07, 6.45) is 2.28. The number of nitrogens with zero attached hydrogens (tertiary/aromatic N) is 1. The fourth-order valence-electron chi connectivity index (χ4n) is 1.40. The van der Waals surface area contributed by atoms with E-state index in [4.69, 9.17) is 4.74 Å². The summed E-state index contributed by atoms with van der Waals surface area (Å²) in [4.78, 5) is 4.52. The number of ether oxygens (including phenoxy) is 1. The first kappa shape index (κ1) is 21.8. The summed E-state index contributed by atoms with van der Waals surface area (Å²) in [6.45, 7) is 10.8. The van der Waals surface area contributed by atoms with E-state index < -0.39 is 0 Å². The zero-order valence-corrected chi connectivity index (χ0v) is 15.0. The molecule has 112 valence electrons. The molecule has 1 aliphatic rings. The van der Waals surface area contributed by atoms with Crippen LogP contribution in [0, 0.1) is 18.9 Å². The molecule has 0 aliphatic carbocycles. The summed E-state index contributed by atoms with van der Waals surface area (Å²) < 4.78 is 5.53. The fourth-order valence-corrected chi connectivity index (χ4v) is 1.40. The number of unbranched alkanes of at least 4 members (excludes halogenated alkanes) is 1. The largest absolute Gasteiger partial charge is 0.475 e. The predicted molar refractivity (Wildman–Crippen MR) is 91.3 cm³/mol. The van der Waals surface area contributed by atoms with E-state index in [2.05, 4.69) is 38.8 Å². The van der Waals surface area contributed by atoms with Crippen molar-refractivity contribution >= 4 is 29.8 Å². The number of hydrogen-bond acceptors (Lipinski definition) is 2. The zero-order valence-electron chi connectivity index (χ0n) is 12.1. The van der Waals surface area contributed by atoms with Crippen LogP contribution in [0.25, 0.3) is 0 Å². The fraction of sp³-hybridized carbons (Fsp3) is 0.529.